The van der Waals surface area contributed by atoms with E-state index in [1.54, 1.807) is 12.3 Å². The zero-order valence-corrected chi connectivity index (χ0v) is 15.7. The minimum atomic E-state index is -1.10. The van der Waals surface area contributed by atoms with Crippen molar-refractivity contribution >= 4 is 28.7 Å². The van der Waals surface area contributed by atoms with Crippen molar-refractivity contribution < 1.29 is 13.6 Å². The maximum atomic E-state index is 13.4. The number of carbonyl (C=O) groups excluding carboxylic acids is 1. The first-order valence-corrected chi connectivity index (χ1v) is 8.60. The molecule has 1 amide bonds. The fourth-order valence-electron chi connectivity index (χ4n) is 2.30. The molecule has 0 spiro atoms. The van der Waals surface area contributed by atoms with Gasteiger partial charge in [0.15, 0.2) is 17.5 Å². The third-order valence-corrected chi connectivity index (χ3v) is 3.68. The van der Waals surface area contributed by atoms with Gasteiger partial charge in [-0.05, 0) is 35.7 Å². The molecule has 0 bridgehead atoms. The molecule has 0 aliphatic carbocycles. The van der Waals surface area contributed by atoms with Crippen LogP contribution in [0.5, 0.6) is 0 Å². The van der Waals surface area contributed by atoms with Crippen LogP contribution in [0.15, 0.2) is 41.5 Å². The third kappa shape index (κ3) is 4.67. The summed E-state index contributed by atoms with van der Waals surface area (Å²) in [5, 5.41) is 12.5. The van der Waals surface area contributed by atoms with E-state index in [1.165, 1.54) is 6.07 Å². The smallest absolute Gasteiger partial charge is 0.258 e. The van der Waals surface area contributed by atoms with Gasteiger partial charge < -0.3 is 5.32 Å². The number of aromatic amines is 1. The highest BCUT2D eigenvalue weighted by Crippen LogP contribution is 2.18. The molecule has 2 heterocycles. The Bertz CT molecular complexity index is 1040. The summed E-state index contributed by atoms with van der Waals surface area (Å²) < 4.78 is 26.6. The summed E-state index contributed by atoms with van der Waals surface area (Å²) in [5.74, 6) is -2.24. The van der Waals surface area contributed by atoms with Gasteiger partial charge in [0, 0.05) is 18.3 Å². The van der Waals surface area contributed by atoms with Crippen LogP contribution in [0.3, 0.4) is 0 Å². The number of rotatable bonds is 3. The van der Waals surface area contributed by atoms with Crippen LogP contribution in [-0.4, -0.2) is 33.6 Å². The molecule has 0 saturated carbocycles. The van der Waals surface area contributed by atoms with E-state index in [0.29, 0.717) is 23.4 Å². The van der Waals surface area contributed by atoms with Gasteiger partial charge >= 0.3 is 0 Å². The molecule has 3 aromatic rings. The number of fused-ring (bicyclic) bond motifs is 1. The highest BCUT2D eigenvalue weighted by molar-refractivity contribution is 6.11. The van der Waals surface area contributed by atoms with Crippen LogP contribution in [0.1, 0.15) is 31.1 Å². The van der Waals surface area contributed by atoms with E-state index < -0.39 is 17.5 Å². The predicted molar refractivity (Wildman–Crippen MR) is 103 cm³/mol. The van der Waals surface area contributed by atoms with Gasteiger partial charge in [0.05, 0.1) is 5.52 Å². The number of nitrogens with one attached hydrogen (secondary N) is 3. The first-order valence-electron chi connectivity index (χ1n) is 8.60. The third-order valence-electron chi connectivity index (χ3n) is 3.68. The lowest BCUT2D eigenvalue weighted by atomic mass is 9.97. The average Bonchev–Trinajstić information content (AvgIpc) is 3.04. The van der Waals surface area contributed by atoms with Crippen molar-refractivity contribution in [1.29, 1.82) is 0 Å². The summed E-state index contributed by atoms with van der Waals surface area (Å²) >= 11 is 0. The molecular formula is C19H20F2N6O. The topological polar surface area (TPSA) is 95.1 Å². The van der Waals surface area contributed by atoms with Crippen molar-refractivity contribution in [2.24, 2.45) is 10.4 Å². The number of guanidine groups is 1. The number of hydrogen-bond acceptors (Lipinski definition) is 4. The summed E-state index contributed by atoms with van der Waals surface area (Å²) in [5.41, 5.74) is 1.13. The Morgan fingerprint density at radius 2 is 2.00 bits per heavy atom. The van der Waals surface area contributed by atoms with E-state index in [-0.39, 0.29) is 16.9 Å². The van der Waals surface area contributed by atoms with Gasteiger partial charge in [-0.3, -0.25) is 25.2 Å². The SMILES string of the molecule is CC(C)(C)CN=C(NC(=O)c1ccc(F)c(F)c1)Nc1n[nH]c2cccnc12. The highest BCUT2D eigenvalue weighted by atomic mass is 19.2. The first-order chi connectivity index (χ1) is 13.2. The fraction of sp³-hybridized carbons (Fsp3) is 0.263. The lowest BCUT2D eigenvalue weighted by molar-refractivity contribution is 0.0976. The van der Waals surface area contributed by atoms with Gasteiger partial charge in [-0.2, -0.15) is 5.10 Å². The van der Waals surface area contributed by atoms with Crippen LogP contribution in [0, 0.1) is 17.0 Å². The number of anilines is 1. The summed E-state index contributed by atoms with van der Waals surface area (Å²) in [7, 11) is 0. The summed E-state index contributed by atoms with van der Waals surface area (Å²) in [6.45, 7) is 6.40. The number of pyridine rings is 1. The Labute approximate surface area is 160 Å². The molecule has 0 unspecified atom stereocenters. The van der Waals surface area contributed by atoms with Gasteiger partial charge in [-0.25, -0.2) is 8.78 Å². The van der Waals surface area contributed by atoms with Crippen LogP contribution < -0.4 is 10.6 Å². The molecule has 28 heavy (non-hydrogen) atoms. The fourth-order valence-corrected chi connectivity index (χ4v) is 2.30. The van der Waals surface area contributed by atoms with Crippen molar-refractivity contribution in [3.8, 4) is 0 Å². The lowest BCUT2D eigenvalue weighted by Gasteiger charge is -2.17. The molecule has 146 valence electrons. The predicted octanol–water partition coefficient (Wildman–Crippen LogP) is 3.48. The second-order valence-corrected chi connectivity index (χ2v) is 7.41. The van der Waals surface area contributed by atoms with Gasteiger partial charge in [0.25, 0.3) is 5.91 Å². The quantitative estimate of drug-likeness (QED) is 0.474. The average molecular weight is 386 g/mol. The van der Waals surface area contributed by atoms with E-state index in [0.717, 1.165) is 12.1 Å². The maximum Gasteiger partial charge on any atom is 0.258 e. The number of aliphatic imine (C=N–C) groups is 1. The van der Waals surface area contributed by atoms with E-state index >= 15 is 0 Å². The molecule has 2 aromatic heterocycles. The van der Waals surface area contributed by atoms with E-state index in [1.807, 2.05) is 26.8 Å². The standard InChI is InChI=1S/C19H20F2N6O/c1-19(2,3)10-23-18(24-16-15-14(26-27-16)5-4-8-22-15)25-17(28)11-6-7-12(20)13(21)9-11/h4-9H,10H2,1-3H3,(H3,23,24,25,26,27,28). The van der Waals surface area contributed by atoms with Crippen molar-refractivity contribution in [2.75, 3.05) is 11.9 Å². The highest BCUT2D eigenvalue weighted by Gasteiger charge is 2.16. The monoisotopic (exact) mass is 386 g/mol. The largest absolute Gasteiger partial charge is 0.307 e. The number of nitrogens with zero attached hydrogens (tertiary/aromatic N) is 3. The maximum absolute atomic E-state index is 13.4. The number of H-pyrrole nitrogens is 1. The molecule has 7 nitrogen and oxygen atoms in total. The molecule has 0 aliphatic rings. The number of aromatic nitrogens is 3. The first kappa shape index (κ1) is 19.4. The Balaban J connectivity index is 1.86. The lowest BCUT2D eigenvalue weighted by Crippen LogP contribution is -2.37. The zero-order chi connectivity index (χ0) is 20.3. The van der Waals surface area contributed by atoms with Crippen molar-refractivity contribution in [3.63, 3.8) is 0 Å². The Morgan fingerprint density at radius 3 is 2.71 bits per heavy atom. The Hall–Kier alpha value is -3.36. The van der Waals surface area contributed by atoms with Crippen molar-refractivity contribution in [2.45, 2.75) is 20.8 Å². The Morgan fingerprint density at radius 1 is 1.21 bits per heavy atom. The molecule has 3 rings (SSSR count). The number of hydrogen-bond donors (Lipinski definition) is 3. The summed E-state index contributed by atoms with van der Waals surface area (Å²) in [6, 6.07) is 6.50. The number of amides is 1. The molecule has 0 saturated heterocycles. The van der Waals surface area contributed by atoms with E-state index in [9.17, 15) is 13.6 Å². The number of halogens is 2. The van der Waals surface area contributed by atoms with Crippen LogP contribution in [0.25, 0.3) is 11.0 Å². The molecule has 0 atom stereocenters. The zero-order valence-electron chi connectivity index (χ0n) is 15.7. The van der Waals surface area contributed by atoms with Crippen molar-refractivity contribution in [1.82, 2.24) is 20.5 Å². The molecule has 9 heteroatoms. The van der Waals surface area contributed by atoms with Gasteiger partial charge in [-0.1, -0.05) is 20.8 Å². The molecule has 0 aliphatic heterocycles. The van der Waals surface area contributed by atoms with E-state index in [4.69, 9.17) is 0 Å². The molecular weight excluding hydrogens is 366 g/mol. The Kier molecular flexibility index (Phi) is 5.34. The van der Waals surface area contributed by atoms with Crippen molar-refractivity contribution in [3.05, 3.63) is 53.7 Å². The van der Waals surface area contributed by atoms with Crippen LogP contribution >= 0.6 is 0 Å². The second kappa shape index (κ2) is 7.71. The molecule has 0 fully saturated rings. The van der Waals surface area contributed by atoms with Gasteiger partial charge in [-0.15, -0.1) is 0 Å². The minimum Gasteiger partial charge on any atom is -0.307 e. The summed E-state index contributed by atoms with van der Waals surface area (Å²) in [6.07, 6.45) is 1.62. The second-order valence-electron chi connectivity index (χ2n) is 7.41. The van der Waals surface area contributed by atoms with Gasteiger partial charge in [0.2, 0.25) is 5.96 Å². The molecule has 0 radical (unpaired) electrons. The minimum absolute atomic E-state index is 0.0332. The van der Waals surface area contributed by atoms with Crippen LogP contribution in [0.4, 0.5) is 14.6 Å². The number of carbonyl (C=O) groups is 1. The van der Waals surface area contributed by atoms with Gasteiger partial charge in [0.1, 0.15) is 5.52 Å². The molecule has 1 aromatic carbocycles. The normalized spacial score (nSPS) is 12.2. The summed E-state index contributed by atoms with van der Waals surface area (Å²) in [4.78, 5) is 21.1. The molecule has 3 N–H and O–H groups in total. The van der Waals surface area contributed by atoms with Crippen LogP contribution in [-0.2, 0) is 0 Å². The number of benzene rings is 1. The van der Waals surface area contributed by atoms with E-state index in [2.05, 4.69) is 30.8 Å². The van der Waals surface area contributed by atoms with Crippen LogP contribution in [0.2, 0.25) is 0 Å².